The first-order chi connectivity index (χ1) is 5.60. The second-order valence-electron chi connectivity index (χ2n) is 4.50. The number of nitrogens with zero attached hydrogens (tertiary/aromatic N) is 1. The zero-order chi connectivity index (χ0) is 9.19. The van der Waals surface area contributed by atoms with Gasteiger partial charge in [0.05, 0.1) is 0 Å². The fraction of sp³-hybridized carbons (Fsp3) is 1.00. The molecule has 1 aliphatic rings. The normalized spacial score (nSPS) is 26.5. The molecule has 2 heteroatoms. The summed E-state index contributed by atoms with van der Waals surface area (Å²) in [6.45, 7) is 10.2. The molecular weight excluding hydrogens is 148 g/mol. The van der Waals surface area contributed by atoms with E-state index in [1.807, 2.05) is 0 Å². The SMILES string of the molecule is CCC(C)(C)N1CCC(CN)C1. The van der Waals surface area contributed by atoms with E-state index in [2.05, 4.69) is 25.7 Å². The number of rotatable bonds is 3. The van der Waals surface area contributed by atoms with Crippen molar-refractivity contribution in [1.82, 2.24) is 4.90 Å². The molecule has 1 fully saturated rings. The van der Waals surface area contributed by atoms with Gasteiger partial charge in [0.15, 0.2) is 0 Å². The van der Waals surface area contributed by atoms with Gasteiger partial charge in [0.25, 0.3) is 0 Å². The van der Waals surface area contributed by atoms with Crippen molar-refractivity contribution in [2.24, 2.45) is 11.7 Å². The predicted octanol–water partition coefficient (Wildman–Crippen LogP) is 1.46. The third kappa shape index (κ3) is 1.99. The topological polar surface area (TPSA) is 29.3 Å². The van der Waals surface area contributed by atoms with Crippen LogP contribution in [0, 0.1) is 5.92 Å². The minimum Gasteiger partial charge on any atom is -0.330 e. The Morgan fingerprint density at radius 2 is 2.17 bits per heavy atom. The number of hydrogen-bond acceptors (Lipinski definition) is 2. The number of nitrogens with two attached hydrogens (primary N) is 1. The highest BCUT2D eigenvalue weighted by Gasteiger charge is 2.31. The molecule has 1 saturated heterocycles. The Morgan fingerprint density at radius 1 is 1.50 bits per heavy atom. The van der Waals surface area contributed by atoms with Crippen LogP contribution in [0.4, 0.5) is 0 Å². The third-order valence-electron chi connectivity index (χ3n) is 3.34. The van der Waals surface area contributed by atoms with Crippen LogP contribution in [-0.4, -0.2) is 30.1 Å². The molecule has 1 rings (SSSR count). The summed E-state index contributed by atoms with van der Waals surface area (Å²) in [5.74, 6) is 0.746. The van der Waals surface area contributed by atoms with E-state index in [9.17, 15) is 0 Å². The van der Waals surface area contributed by atoms with E-state index in [1.54, 1.807) is 0 Å². The monoisotopic (exact) mass is 170 g/mol. The first-order valence-electron chi connectivity index (χ1n) is 5.05. The van der Waals surface area contributed by atoms with Crippen LogP contribution in [-0.2, 0) is 0 Å². The molecule has 1 unspecified atom stereocenters. The van der Waals surface area contributed by atoms with Crippen LogP contribution in [0.1, 0.15) is 33.6 Å². The summed E-state index contributed by atoms with van der Waals surface area (Å²) < 4.78 is 0. The van der Waals surface area contributed by atoms with Crippen molar-refractivity contribution in [2.75, 3.05) is 19.6 Å². The minimum absolute atomic E-state index is 0.379. The number of likely N-dealkylation sites (tertiary alicyclic amines) is 1. The maximum absolute atomic E-state index is 5.65. The van der Waals surface area contributed by atoms with E-state index in [0.29, 0.717) is 5.54 Å². The summed E-state index contributed by atoms with van der Waals surface area (Å²) in [5, 5.41) is 0. The molecule has 0 spiro atoms. The lowest BCUT2D eigenvalue weighted by atomic mass is 10.00. The molecule has 0 saturated carbocycles. The Hall–Kier alpha value is -0.0800. The van der Waals surface area contributed by atoms with Gasteiger partial charge in [-0.15, -0.1) is 0 Å². The Morgan fingerprint density at radius 3 is 2.58 bits per heavy atom. The largest absolute Gasteiger partial charge is 0.330 e. The van der Waals surface area contributed by atoms with E-state index in [-0.39, 0.29) is 0 Å². The highest BCUT2D eigenvalue weighted by molar-refractivity contribution is 4.86. The van der Waals surface area contributed by atoms with Crippen LogP contribution in [0.25, 0.3) is 0 Å². The van der Waals surface area contributed by atoms with Crippen molar-refractivity contribution >= 4 is 0 Å². The van der Waals surface area contributed by atoms with Gasteiger partial charge < -0.3 is 5.73 Å². The predicted molar refractivity (Wildman–Crippen MR) is 53.1 cm³/mol. The van der Waals surface area contributed by atoms with Gasteiger partial charge in [-0.25, -0.2) is 0 Å². The number of hydrogen-bond donors (Lipinski definition) is 1. The summed E-state index contributed by atoms with van der Waals surface area (Å²) in [6.07, 6.45) is 2.52. The summed E-state index contributed by atoms with van der Waals surface area (Å²) in [7, 11) is 0. The van der Waals surface area contributed by atoms with Gasteiger partial charge in [-0.1, -0.05) is 6.92 Å². The Labute approximate surface area is 76.1 Å². The second kappa shape index (κ2) is 3.75. The van der Waals surface area contributed by atoms with Crippen LogP contribution in [0.3, 0.4) is 0 Å². The molecule has 0 aromatic heterocycles. The molecule has 12 heavy (non-hydrogen) atoms. The summed E-state index contributed by atoms with van der Waals surface area (Å²) in [6, 6.07) is 0. The van der Waals surface area contributed by atoms with Gasteiger partial charge in [-0.05, 0) is 45.7 Å². The molecule has 0 radical (unpaired) electrons. The van der Waals surface area contributed by atoms with Crippen LogP contribution in [0.2, 0.25) is 0 Å². The Balaban J connectivity index is 2.46. The minimum atomic E-state index is 0.379. The molecule has 72 valence electrons. The van der Waals surface area contributed by atoms with Crippen molar-refractivity contribution in [3.05, 3.63) is 0 Å². The Kier molecular flexibility index (Phi) is 3.13. The van der Waals surface area contributed by atoms with Crippen LogP contribution in [0.5, 0.6) is 0 Å². The zero-order valence-corrected chi connectivity index (χ0v) is 8.64. The molecule has 1 atom stereocenters. The highest BCUT2D eigenvalue weighted by Crippen LogP contribution is 2.26. The van der Waals surface area contributed by atoms with Gasteiger partial charge in [0.1, 0.15) is 0 Å². The van der Waals surface area contributed by atoms with Crippen molar-refractivity contribution in [2.45, 2.75) is 39.2 Å². The fourth-order valence-corrected chi connectivity index (χ4v) is 1.80. The van der Waals surface area contributed by atoms with Crippen molar-refractivity contribution in [3.63, 3.8) is 0 Å². The van der Waals surface area contributed by atoms with Crippen LogP contribution >= 0.6 is 0 Å². The lowest BCUT2D eigenvalue weighted by Crippen LogP contribution is -2.42. The molecule has 1 aliphatic heterocycles. The highest BCUT2D eigenvalue weighted by atomic mass is 15.2. The molecule has 0 bridgehead atoms. The molecule has 1 heterocycles. The van der Waals surface area contributed by atoms with Gasteiger partial charge >= 0.3 is 0 Å². The van der Waals surface area contributed by atoms with Crippen molar-refractivity contribution < 1.29 is 0 Å². The van der Waals surface area contributed by atoms with Gasteiger partial charge in [-0.2, -0.15) is 0 Å². The van der Waals surface area contributed by atoms with Crippen molar-refractivity contribution in [3.8, 4) is 0 Å². The quantitative estimate of drug-likeness (QED) is 0.694. The molecule has 0 aliphatic carbocycles. The lowest BCUT2D eigenvalue weighted by molar-refractivity contribution is 0.144. The molecular formula is C10H22N2. The standard InChI is InChI=1S/C10H22N2/c1-4-10(2,3)12-6-5-9(7-11)8-12/h9H,4-8,11H2,1-3H3. The fourth-order valence-electron chi connectivity index (χ4n) is 1.80. The molecule has 0 amide bonds. The van der Waals surface area contributed by atoms with Crippen LogP contribution < -0.4 is 5.73 Å². The van der Waals surface area contributed by atoms with Crippen molar-refractivity contribution in [1.29, 1.82) is 0 Å². The van der Waals surface area contributed by atoms with E-state index >= 15 is 0 Å². The summed E-state index contributed by atoms with van der Waals surface area (Å²) >= 11 is 0. The molecule has 0 aromatic carbocycles. The van der Waals surface area contributed by atoms with Gasteiger partial charge in [0.2, 0.25) is 0 Å². The summed E-state index contributed by atoms with van der Waals surface area (Å²) in [5.41, 5.74) is 6.03. The summed E-state index contributed by atoms with van der Waals surface area (Å²) in [4.78, 5) is 2.57. The van der Waals surface area contributed by atoms with Gasteiger partial charge in [0, 0.05) is 12.1 Å². The molecule has 2 nitrogen and oxygen atoms in total. The Bertz CT molecular complexity index is 143. The molecule has 2 N–H and O–H groups in total. The first-order valence-corrected chi connectivity index (χ1v) is 5.05. The average Bonchev–Trinajstić information content (AvgIpc) is 2.52. The first kappa shape index (κ1) is 10.0. The van der Waals surface area contributed by atoms with Gasteiger partial charge in [-0.3, -0.25) is 4.90 Å². The van der Waals surface area contributed by atoms with E-state index in [0.717, 1.165) is 12.5 Å². The average molecular weight is 170 g/mol. The second-order valence-corrected chi connectivity index (χ2v) is 4.50. The molecule has 0 aromatic rings. The maximum atomic E-state index is 5.65. The van der Waals surface area contributed by atoms with E-state index < -0.39 is 0 Å². The lowest BCUT2D eigenvalue weighted by Gasteiger charge is -2.34. The van der Waals surface area contributed by atoms with E-state index in [4.69, 9.17) is 5.73 Å². The zero-order valence-electron chi connectivity index (χ0n) is 8.64. The van der Waals surface area contributed by atoms with E-state index in [1.165, 1.54) is 25.9 Å². The smallest absolute Gasteiger partial charge is 0.0150 e. The third-order valence-corrected chi connectivity index (χ3v) is 3.34. The maximum Gasteiger partial charge on any atom is 0.0150 e. The van der Waals surface area contributed by atoms with Crippen LogP contribution in [0.15, 0.2) is 0 Å².